The molecule has 0 unspecified atom stereocenters. The van der Waals surface area contributed by atoms with E-state index in [0.717, 1.165) is 10.4 Å². The van der Waals surface area contributed by atoms with E-state index >= 15 is 0 Å². The maximum atomic E-state index is 12.2. The Balaban J connectivity index is 2.41. The number of guanidine groups is 1. The molecule has 1 aromatic heterocycles. The Kier molecular flexibility index (Phi) is 4.73. The van der Waals surface area contributed by atoms with E-state index in [-0.39, 0.29) is 5.96 Å². The summed E-state index contributed by atoms with van der Waals surface area (Å²) >= 11 is 1.44. The summed E-state index contributed by atoms with van der Waals surface area (Å²) in [4.78, 5) is 13.0. The molecule has 21 heavy (non-hydrogen) atoms. The zero-order valence-corrected chi connectivity index (χ0v) is 12.2. The first-order chi connectivity index (χ1) is 10.1. The molecule has 0 saturated heterocycles. The lowest BCUT2D eigenvalue weighted by atomic mass is 10.1. The predicted octanol–water partition coefficient (Wildman–Crippen LogP) is 2.31. The fourth-order valence-electron chi connectivity index (χ4n) is 1.77. The van der Waals surface area contributed by atoms with Crippen LogP contribution in [0.2, 0.25) is 0 Å². The monoisotopic (exact) mass is 301 g/mol. The summed E-state index contributed by atoms with van der Waals surface area (Å²) in [6, 6.07) is 11.1. The molecule has 2 rings (SSSR count). The number of thiophene rings is 1. The molecule has 1 aromatic carbocycles. The van der Waals surface area contributed by atoms with E-state index in [1.165, 1.54) is 11.3 Å². The van der Waals surface area contributed by atoms with Gasteiger partial charge in [-0.3, -0.25) is 15.5 Å². The highest BCUT2D eigenvalue weighted by atomic mass is 32.1. The molecule has 108 valence electrons. The number of nitrogens with one attached hydrogen (secondary N) is 2. The molecule has 6 heteroatoms. The van der Waals surface area contributed by atoms with Gasteiger partial charge in [0.15, 0.2) is 5.96 Å². The van der Waals surface area contributed by atoms with Crippen molar-refractivity contribution >= 4 is 34.9 Å². The zero-order valence-electron chi connectivity index (χ0n) is 11.4. The number of nitrogens with two attached hydrogens (primary N) is 1. The summed E-state index contributed by atoms with van der Waals surface area (Å²) < 4.78 is 5.17. The van der Waals surface area contributed by atoms with E-state index in [9.17, 15) is 4.79 Å². The number of ether oxygens (including phenoxy) is 1. The lowest BCUT2D eigenvalue weighted by molar-refractivity contribution is -0.114. The molecule has 0 aliphatic heterocycles. The first-order valence-electron chi connectivity index (χ1n) is 6.15. The van der Waals surface area contributed by atoms with Crippen molar-refractivity contribution in [1.29, 1.82) is 5.41 Å². The second-order valence-corrected chi connectivity index (χ2v) is 5.13. The van der Waals surface area contributed by atoms with Gasteiger partial charge in [-0.15, -0.1) is 11.3 Å². The molecule has 0 saturated carbocycles. The third kappa shape index (κ3) is 3.93. The lowest BCUT2D eigenvalue weighted by Crippen LogP contribution is -2.36. The maximum Gasteiger partial charge on any atom is 0.259 e. The summed E-state index contributed by atoms with van der Waals surface area (Å²) in [6.45, 7) is 0. The molecule has 0 spiro atoms. The van der Waals surface area contributed by atoms with E-state index in [4.69, 9.17) is 15.9 Å². The number of benzene rings is 1. The number of methoxy groups -OCH3 is 1. The van der Waals surface area contributed by atoms with E-state index in [2.05, 4.69) is 5.32 Å². The van der Waals surface area contributed by atoms with Crippen molar-refractivity contribution in [3.05, 3.63) is 52.2 Å². The Morgan fingerprint density at radius 3 is 2.81 bits per heavy atom. The highest BCUT2D eigenvalue weighted by Gasteiger charge is 2.14. The zero-order chi connectivity index (χ0) is 15.2. The average Bonchev–Trinajstić information content (AvgIpc) is 2.98. The Labute approximate surface area is 126 Å². The molecule has 2 aromatic rings. The number of carbonyl (C=O) groups excluding carboxylic acids is 1. The number of hydrogen-bond donors (Lipinski definition) is 3. The standard InChI is InChI=1S/C15H15N3O2S/c1-20-11-5-2-4-10(8-11)9-12(13-6-3-7-21-13)14(19)18-15(16)17/h2-9H,1H3,(H4,16,17,18,19)/b12-9+. The SMILES string of the molecule is COc1cccc(/C=C(/C(=O)NC(=N)N)c2cccs2)c1. The van der Waals surface area contributed by atoms with Gasteiger partial charge in [0, 0.05) is 4.88 Å². The molecule has 4 N–H and O–H groups in total. The van der Waals surface area contributed by atoms with Gasteiger partial charge >= 0.3 is 0 Å². The second kappa shape index (κ2) is 6.71. The molecule has 1 amide bonds. The van der Waals surface area contributed by atoms with Gasteiger partial charge in [0.25, 0.3) is 5.91 Å². The number of carbonyl (C=O) groups is 1. The Bertz CT molecular complexity index is 678. The van der Waals surface area contributed by atoms with Crippen molar-refractivity contribution in [3.8, 4) is 5.75 Å². The smallest absolute Gasteiger partial charge is 0.259 e. The fourth-order valence-corrected chi connectivity index (χ4v) is 2.51. The first kappa shape index (κ1) is 14.8. The lowest BCUT2D eigenvalue weighted by Gasteiger charge is -2.07. The Morgan fingerprint density at radius 2 is 2.19 bits per heavy atom. The van der Waals surface area contributed by atoms with Crippen LogP contribution in [0, 0.1) is 5.41 Å². The van der Waals surface area contributed by atoms with Crippen LogP contribution >= 0.6 is 11.3 Å². The number of rotatable bonds is 4. The van der Waals surface area contributed by atoms with Crippen LogP contribution in [-0.4, -0.2) is 19.0 Å². The highest BCUT2D eigenvalue weighted by Crippen LogP contribution is 2.24. The summed E-state index contributed by atoms with van der Waals surface area (Å²) in [5.41, 5.74) is 6.51. The van der Waals surface area contributed by atoms with Gasteiger partial charge in [0.2, 0.25) is 0 Å². The largest absolute Gasteiger partial charge is 0.497 e. The van der Waals surface area contributed by atoms with Gasteiger partial charge in [0.1, 0.15) is 5.75 Å². The van der Waals surface area contributed by atoms with Gasteiger partial charge in [-0.05, 0) is 35.2 Å². The van der Waals surface area contributed by atoms with Crippen LogP contribution in [0.1, 0.15) is 10.4 Å². The van der Waals surface area contributed by atoms with Crippen molar-refractivity contribution in [2.75, 3.05) is 7.11 Å². The van der Waals surface area contributed by atoms with Gasteiger partial charge in [-0.2, -0.15) is 0 Å². The Morgan fingerprint density at radius 1 is 1.38 bits per heavy atom. The third-order valence-electron chi connectivity index (χ3n) is 2.68. The van der Waals surface area contributed by atoms with Crippen LogP contribution in [0.15, 0.2) is 41.8 Å². The molecule has 0 radical (unpaired) electrons. The molecule has 5 nitrogen and oxygen atoms in total. The summed E-state index contributed by atoms with van der Waals surface area (Å²) in [5.74, 6) is -0.0814. The summed E-state index contributed by atoms with van der Waals surface area (Å²) in [6.07, 6.45) is 1.74. The van der Waals surface area contributed by atoms with Crippen molar-refractivity contribution in [2.24, 2.45) is 5.73 Å². The van der Waals surface area contributed by atoms with Crippen LogP contribution in [0.4, 0.5) is 0 Å². The maximum absolute atomic E-state index is 12.2. The van der Waals surface area contributed by atoms with E-state index in [1.54, 1.807) is 13.2 Å². The summed E-state index contributed by atoms with van der Waals surface area (Å²) in [5, 5.41) is 11.4. The van der Waals surface area contributed by atoms with Crippen molar-refractivity contribution < 1.29 is 9.53 Å². The van der Waals surface area contributed by atoms with E-state index in [1.807, 2.05) is 41.8 Å². The molecule has 0 aliphatic carbocycles. The number of hydrogen-bond acceptors (Lipinski definition) is 4. The molecular weight excluding hydrogens is 286 g/mol. The molecule has 0 bridgehead atoms. The molecule has 0 fully saturated rings. The third-order valence-corrected chi connectivity index (χ3v) is 3.59. The van der Waals surface area contributed by atoms with Crippen LogP contribution in [0.3, 0.4) is 0 Å². The first-order valence-corrected chi connectivity index (χ1v) is 7.03. The van der Waals surface area contributed by atoms with Crippen LogP contribution in [-0.2, 0) is 4.79 Å². The van der Waals surface area contributed by atoms with Crippen molar-refractivity contribution in [2.45, 2.75) is 0 Å². The number of amides is 1. The molecule has 0 atom stereocenters. The average molecular weight is 301 g/mol. The van der Waals surface area contributed by atoms with Crippen molar-refractivity contribution in [1.82, 2.24) is 5.32 Å². The van der Waals surface area contributed by atoms with E-state index < -0.39 is 5.91 Å². The van der Waals surface area contributed by atoms with Crippen molar-refractivity contribution in [3.63, 3.8) is 0 Å². The van der Waals surface area contributed by atoms with E-state index in [0.29, 0.717) is 11.3 Å². The topological polar surface area (TPSA) is 88.2 Å². The molecular formula is C15H15N3O2S. The van der Waals surface area contributed by atoms with Crippen LogP contribution in [0.25, 0.3) is 11.6 Å². The second-order valence-electron chi connectivity index (χ2n) is 4.18. The quantitative estimate of drug-likeness (QED) is 0.460. The highest BCUT2D eigenvalue weighted by molar-refractivity contribution is 7.11. The normalized spacial score (nSPS) is 11.0. The fraction of sp³-hybridized carbons (Fsp3) is 0.0667. The minimum absolute atomic E-state index is 0.381. The minimum atomic E-state index is -0.409. The molecule has 0 aliphatic rings. The van der Waals surface area contributed by atoms with Gasteiger partial charge in [-0.25, -0.2) is 0 Å². The van der Waals surface area contributed by atoms with Gasteiger partial charge < -0.3 is 10.5 Å². The predicted molar refractivity (Wildman–Crippen MR) is 85.2 cm³/mol. The van der Waals surface area contributed by atoms with Crippen LogP contribution in [0.5, 0.6) is 5.75 Å². The van der Waals surface area contributed by atoms with Crippen LogP contribution < -0.4 is 15.8 Å². The molecule has 1 heterocycles. The minimum Gasteiger partial charge on any atom is -0.497 e. The van der Waals surface area contributed by atoms with Gasteiger partial charge in [0.05, 0.1) is 12.7 Å². The van der Waals surface area contributed by atoms with Gasteiger partial charge in [-0.1, -0.05) is 18.2 Å². The Hall–Kier alpha value is -2.60. The summed E-state index contributed by atoms with van der Waals surface area (Å²) in [7, 11) is 1.59.